The van der Waals surface area contributed by atoms with Crippen molar-refractivity contribution in [1.29, 1.82) is 0 Å². The molecule has 0 aliphatic carbocycles. The van der Waals surface area contributed by atoms with E-state index in [-0.39, 0.29) is 5.56 Å². The SMILES string of the molecule is Cc1cccc(C)c1-c1cn2c3ccccc3c(=O)nc2c2ccccc12. The molecule has 0 amide bonds. The van der Waals surface area contributed by atoms with E-state index in [1.807, 2.05) is 42.5 Å². The number of hydrogen-bond acceptors (Lipinski definition) is 2. The van der Waals surface area contributed by atoms with Crippen LogP contribution in [0.2, 0.25) is 0 Å². The minimum atomic E-state index is -0.185. The van der Waals surface area contributed by atoms with Gasteiger partial charge in [0.15, 0.2) is 0 Å². The summed E-state index contributed by atoms with van der Waals surface area (Å²) in [5.74, 6) is 0. The summed E-state index contributed by atoms with van der Waals surface area (Å²) in [4.78, 5) is 17.0. The summed E-state index contributed by atoms with van der Waals surface area (Å²) in [5.41, 5.74) is 6.25. The molecular weight excluding hydrogens is 332 g/mol. The fourth-order valence-electron chi connectivity index (χ4n) is 4.06. The molecule has 0 fully saturated rings. The predicted molar refractivity (Wildman–Crippen MR) is 111 cm³/mol. The van der Waals surface area contributed by atoms with Gasteiger partial charge in [-0.1, -0.05) is 54.6 Å². The first-order valence-electron chi connectivity index (χ1n) is 9.04. The molecule has 0 saturated heterocycles. The summed E-state index contributed by atoms with van der Waals surface area (Å²) < 4.78 is 2.06. The molecule has 5 rings (SSSR count). The van der Waals surface area contributed by atoms with Gasteiger partial charge >= 0.3 is 0 Å². The molecule has 5 aromatic rings. The minimum absolute atomic E-state index is 0.185. The van der Waals surface area contributed by atoms with Gasteiger partial charge in [0, 0.05) is 17.1 Å². The highest BCUT2D eigenvalue weighted by molar-refractivity contribution is 6.05. The van der Waals surface area contributed by atoms with Gasteiger partial charge in [-0.05, 0) is 48.1 Å². The molecule has 3 aromatic carbocycles. The van der Waals surface area contributed by atoms with E-state index in [9.17, 15) is 4.79 Å². The first kappa shape index (κ1) is 15.8. The number of para-hydroxylation sites is 1. The van der Waals surface area contributed by atoms with E-state index >= 15 is 0 Å². The van der Waals surface area contributed by atoms with Gasteiger partial charge in [0.2, 0.25) is 0 Å². The highest BCUT2D eigenvalue weighted by Gasteiger charge is 2.15. The molecule has 0 saturated carbocycles. The molecule has 0 aliphatic rings. The highest BCUT2D eigenvalue weighted by atomic mass is 16.1. The molecule has 0 N–H and O–H groups in total. The maximum Gasteiger partial charge on any atom is 0.281 e. The smallest absolute Gasteiger partial charge is 0.281 e. The number of nitrogens with zero attached hydrogens (tertiary/aromatic N) is 2. The zero-order valence-electron chi connectivity index (χ0n) is 15.2. The van der Waals surface area contributed by atoms with Crippen molar-refractivity contribution >= 4 is 27.3 Å². The van der Waals surface area contributed by atoms with E-state index in [0.29, 0.717) is 11.0 Å². The van der Waals surface area contributed by atoms with Crippen LogP contribution in [-0.4, -0.2) is 9.38 Å². The Hall–Kier alpha value is -3.46. The van der Waals surface area contributed by atoms with E-state index in [1.54, 1.807) is 0 Å². The number of benzene rings is 3. The summed E-state index contributed by atoms with van der Waals surface area (Å²) in [7, 11) is 0. The van der Waals surface area contributed by atoms with Crippen molar-refractivity contribution in [1.82, 2.24) is 9.38 Å². The summed E-state index contributed by atoms with van der Waals surface area (Å²) in [6.45, 7) is 4.28. The molecule has 3 nitrogen and oxygen atoms in total. The molecular formula is C24H18N2O. The van der Waals surface area contributed by atoms with Crippen LogP contribution in [0.3, 0.4) is 0 Å². The van der Waals surface area contributed by atoms with E-state index in [2.05, 4.69) is 53.7 Å². The molecule has 3 heteroatoms. The third-order valence-corrected chi connectivity index (χ3v) is 5.30. The van der Waals surface area contributed by atoms with Gasteiger partial charge in [-0.25, -0.2) is 0 Å². The van der Waals surface area contributed by atoms with Gasteiger partial charge in [-0.2, -0.15) is 4.98 Å². The van der Waals surface area contributed by atoms with Gasteiger partial charge in [0.25, 0.3) is 5.56 Å². The number of hydrogen-bond donors (Lipinski definition) is 0. The van der Waals surface area contributed by atoms with Crippen LogP contribution < -0.4 is 5.56 Å². The number of fused-ring (bicyclic) bond motifs is 5. The largest absolute Gasteiger partial charge is 0.300 e. The molecule has 2 aromatic heterocycles. The van der Waals surface area contributed by atoms with Crippen molar-refractivity contribution in [3.8, 4) is 11.1 Å². The molecule has 0 aliphatic heterocycles. The molecule has 0 spiro atoms. The van der Waals surface area contributed by atoms with Crippen molar-refractivity contribution in [2.45, 2.75) is 13.8 Å². The van der Waals surface area contributed by atoms with Crippen molar-refractivity contribution in [3.63, 3.8) is 0 Å². The lowest BCUT2D eigenvalue weighted by Crippen LogP contribution is -2.11. The molecule has 0 unspecified atom stereocenters. The molecule has 0 radical (unpaired) electrons. The second kappa shape index (κ2) is 5.78. The molecule has 0 atom stereocenters. The summed E-state index contributed by atoms with van der Waals surface area (Å²) >= 11 is 0. The third-order valence-electron chi connectivity index (χ3n) is 5.30. The Balaban J connectivity index is 2.07. The number of pyridine rings is 1. The van der Waals surface area contributed by atoms with Crippen LogP contribution >= 0.6 is 0 Å². The molecule has 2 heterocycles. The monoisotopic (exact) mass is 350 g/mol. The summed E-state index contributed by atoms with van der Waals surface area (Å²) in [6.07, 6.45) is 2.13. The average molecular weight is 350 g/mol. The van der Waals surface area contributed by atoms with Crippen LogP contribution in [0.4, 0.5) is 0 Å². The number of aromatic nitrogens is 2. The summed E-state index contributed by atoms with van der Waals surface area (Å²) in [5, 5.41) is 2.73. The molecule has 27 heavy (non-hydrogen) atoms. The zero-order valence-corrected chi connectivity index (χ0v) is 15.2. The number of aryl methyl sites for hydroxylation is 2. The van der Waals surface area contributed by atoms with Crippen molar-refractivity contribution in [3.05, 3.63) is 94.4 Å². The van der Waals surface area contributed by atoms with Crippen molar-refractivity contribution in [2.24, 2.45) is 0 Å². The second-order valence-corrected chi connectivity index (χ2v) is 6.98. The lowest BCUT2D eigenvalue weighted by atomic mass is 9.93. The Bertz CT molecular complexity index is 1390. The fraction of sp³-hybridized carbons (Fsp3) is 0.0833. The fourth-order valence-corrected chi connectivity index (χ4v) is 4.06. The van der Waals surface area contributed by atoms with Crippen LogP contribution in [0.1, 0.15) is 11.1 Å². The highest BCUT2D eigenvalue weighted by Crippen LogP contribution is 2.35. The predicted octanol–water partition coefficient (Wildman–Crippen LogP) is 5.28. The first-order valence-corrected chi connectivity index (χ1v) is 9.04. The Morgan fingerprint density at radius 3 is 2.11 bits per heavy atom. The van der Waals surface area contributed by atoms with Crippen molar-refractivity contribution < 1.29 is 0 Å². The van der Waals surface area contributed by atoms with E-state index in [0.717, 1.165) is 21.9 Å². The van der Waals surface area contributed by atoms with Crippen LogP contribution in [0.15, 0.2) is 77.7 Å². The van der Waals surface area contributed by atoms with Gasteiger partial charge in [-0.3, -0.25) is 9.20 Å². The minimum Gasteiger partial charge on any atom is -0.300 e. The second-order valence-electron chi connectivity index (χ2n) is 6.98. The van der Waals surface area contributed by atoms with E-state index < -0.39 is 0 Å². The Kier molecular flexibility index (Phi) is 3.37. The van der Waals surface area contributed by atoms with Crippen LogP contribution in [0, 0.1) is 13.8 Å². The van der Waals surface area contributed by atoms with Gasteiger partial charge in [-0.15, -0.1) is 0 Å². The first-order chi connectivity index (χ1) is 13.1. The normalized spacial score (nSPS) is 11.5. The van der Waals surface area contributed by atoms with Crippen LogP contribution in [0.5, 0.6) is 0 Å². The average Bonchev–Trinajstić information content (AvgIpc) is 2.69. The number of rotatable bonds is 1. The van der Waals surface area contributed by atoms with E-state index in [1.165, 1.54) is 16.7 Å². The Morgan fingerprint density at radius 1 is 0.741 bits per heavy atom. The lowest BCUT2D eigenvalue weighted by Gasteiger charge is -2.16. The topological polar surface area (TPSA) is 34.4 Å². The lowest BCUT2D eigenvalue weighted by molar-refractivity contribution is 1.15. The third kappa shape index (κ3) is 2.28. The van der Waals surface area contributed by atoms with Gasteiger partial charge in [0.1, 0.15) is 5.65 Å². The summed E-state index contributed by atoms with van der Waals surface area (Å²) in [6, 6.07) is 22.2. The zero-order chi connectivity index (χ0) is 18.5. The molecule has 130 valence electrons. The van der Waals surface area contributed by atoms with Gasteiger partial charge in [0.05, 0.1) is 10.9 Å². The maximum atomic E-state index is 12.6. The molecule has 0 bridgehead atoms. The standard InChI is InChI=1S/C24H18N2O/c1-15-8-7-9-16(2)22(15)20-14-26-21-13-6-5-12-19(21)24(27)25-23(26)18-11-4-3-10-17(18)20/h3-14H,1-2H3. The maximum absolute atomic E-state index is 12.6. The van der Waals surface area contributed by atoms with Crippen molar-refractivity contribution in [2.75, 3.05) is 0 Å². The Labute approximate surface area is 156 Å². The quantitative estimate of drug-likeness (QED) is 0.385. The van der Waals surface area contributed by atoms with Gasteiger partial charge < -0.3 is 0 Å². The Morgan fingerprint density at radius 2 is 1.37 bits per heavy atom. The van der Waals surface area contributed by atoms with Crippen LogP contribution in [-0.2, 0) is 0 Å². The van der Waals surface area contributed by atoms with Crippen LogP contribution in [0.25, 0.3) is 38.4 Å². The van der Waals surface area contributed by atoms with E-state index in [4.69, 9.17) is 0 Å².